The first-order valence-electron chi connectivity index (χ1n) is 8.86. The summed E-state index contributed by atoms with van der Waals surface area (Å²) in [5.41, 5.74) is 4.85. The van der Waals surface area contributed by atoms with E-state index in [0.717, 1.165) is 0 Å². The summed E-state index contributed by atoms with van der Waals surface area (Å²) >= 11 is 0. The fraction of sp³-hybridized carbons (Fsp3) is 0.0769. The second-order valence-corrected chi connectivity index (χ2v) is 5.60. The minimum absolute atomic E-state index is 1.21. The summed E-state index contributed by atoms with van der Waals surface area (Å²) in [6.45, 7) is 7.26. The smallest absolute Gasteiger partial charge is 0.205 e. The molecule has 3 rings (SSSR count). The number of rotatable bonds is 4. The Morgan fingerprint density at radius 1 is 0.643 bits per heavy atom. The molecule has 3 aromatic rings. The van der Waals surface area contributed by atoms with Crippen LogP contribution >= 0.6 is 0 Å². The Morgan fingerprint density at radius 2 is 0.857 bits per heavy atom. The summed E-state index contributed by atoms with van der Waals surface area (Å²) in [6.07, 6.45) is 8.55. The Balaban J connectivity index is 0.000000582. The Morgan fingerprint density at radius 3 is 1.11 bits per heavy atom. The number of nitriles is 1. The Hall–Kier alpha value is -3.88. The quantitative estimate of drug-likeness (QED) is 0.359. The lowest BCUT2D eigenvalue weighted by atomic mass is 10.1. The summed E-state index contributed by atoms with van der Waals surface area (Å²) in [7, 11) is 1.42. The van der Waals surface area contributed by atoms with Gasteiger partial charge in [-0.15, -0.1) is 0 Å². The van der Waals surface area contributed by atoms with Crippen molar-refractivity contribution in [1.29, 1.82) is 5.26 Å². The van der Waals surface area contributed by atoms with Gasteiger partial charge in [-0.25, -0.2) is 6.57 Å². The van der Waals surface area contributed by atoms with Crippen molar-refractivity contribution in [2.24, 2.45) is 0 Å². The average Bonchev–Trinajstić information content (AvgIpc) is 2.74. The molecule has 0 aliphatic rings. The molecule has 0 aliphatic carbocycles. The van der Waals surface area contributed by atoms with Crippen LogP contribution in [0.1, 0.15) is 29.2 Å². The van der Waals surface area contributed by atoms with E-state index in [9.17, 15) is 0 Å². The third kappa shape index (κ3) is 9.56. The van der Waals surface area contributed by atoms with Crippen LogP contribution in [0.2, 0.25) is 0 Å². The van der Waals surface area contributed by atoms with E-state index >= 15 is 0 Å². The van der Waals surface area contributed by atoms with Crippen LogP contribution in [0, 0.1) is 17.9 Å². The lowest BCUT2D eigenvalue weighted by molar-refractivity contribution is 1.49. The molecule has 0 aromatic heterocycles. The molecule has 0 heterocycles. The normalized spacial score (nSPS) is 9.43. The van der Waals surface area contributed by atoms with Crippen molar-refractivity contribution in [1.82, 2.24) is 0 Å². The molecule has 0 spiro atoms. The van der Waals surface area contributed by atoms with Crippen LogP contribution in [-0.4, -0.2) is 7.05 Å². The van der Waals surface area contributed by atoms with Gasteiger partial charge in [0.15, 0.2) is 0 Å². The first-order valence-corrected chi connectivity index (χ1v) is 8.86. The fourth-order valence-corrected chi connectivity index (χ4v) is 2.23. The summed E-state index contributed by atoms with van der Waals surface area (Å²) in [5, 5.41) is 7.32. The lowest BCUT2D eigenvalue weighted by Crippen LogP contribution is -1.75. The Kier molecular flexibility index (Phi) is 11.3. The summed E-state index contributed by atoms with van der Waals surface area (Å²) in [6, 6.07) is 31.0. The van der Waals surface area contributed by atoms with Gasteiger partial charge in [0.1, 0.15) is 0 Å². The lowest BCUT2D eigenvalue weighted by Gasteiger charge is -1.97. The molecule has 0 bridgehead atoms. The van der Waals surface area contributed by atoms with Gasteiger partial charge < -0.3 is 4.85 Å². The van der Waals surface area contributed by atoms with E-state index in [2.05, 4.69) is 102 Å². The van der Waals surface area contributed by atoms with Crippen molar-refractivity contribution < 1.29 is 0 Å². The summed E-state index contributed by atoms with van der Waals surface area (Å²) < 4.78 is 0. The molecule has 0 atom stereocenters. The van der Waals surface area contributed by atoms with Crippen LogP contribution in [0.4, 0.5) is 0 Å². The van der Waals surface area contributed by atoms with Gasteiger partial charge in [0, 0.05) is 6.92 Å². The second kappa shape index (κ2) is 14.3. The predicted octanol–water partition coefficient (Wildman–Crippen LogP) is 7.09. The molecule has 2 nitrogen and oxygen atoms in total. The van der Waals surface area contributed by atoms with Gasteiger partial charge in [0.25, 0.3) is 0 Å². The molecule has 0 saturated carbocycles. The van der Waals surface area contributed by atoms with E-state index in [1.54, 1.807) is 6.07 Å². The van der Waals surface area contributed by atoms with Crippen LogP contribution in [0.5, 0.6) is 0 Å². The predicted molar refractivity (Wildman–Crippen MR) is 121 cm³/mol. The van der Waals surface area contributed by atoms with Gasteiger partial charge in [-0.3, -0.25) is 0 Å². The zero-order chi connectivity index (χ0) is 20.5. The first kappa shape index (κ1) is 22.2. The van der Waals surface area contributed by atoms with E-state index in [4.69, 9.17) is 11.8 Å². The van der Waals surface area contributed by atoms with E-state index in [1.165, 1.54) is 36.2 Å². The average molecular weight is 364 g/mol. The zero-order valence-corrected chi connectivity index (χ0v) is 16.3. The van der Waals surface area contributed by atoms with Crippen molar-refractivity contribution in [3.05, 3.63) is 119 Å². The molecule has 0 radical (unpaired) electrons. The standard InChI is InChI=1S/C22H18.2C2H3N/c1-3-7-19(8-4-1)11-13-21-15-17-22(18-16-21)14-12-20-9-5-2-6-10-20;1-3-2;1-2-3/h1-18H;2*1H3/b13-11+,14-12+;;. The molecule has 0 N–H and O–H groups in total. The molecule has 28 heavy (non-hydrogen) atoms. The highest BCUT2D eigenvalue weighted by Gasteiger charge is 1.90. The minimum atomic E-state index is 1.21. The molecule has 3 aromatic carbocycles. The van der Waals surface area contributed by atoms with Gasteiger partial charge in [0.2, 0.25) is 7.05 Å². The summed E-state index contributed by atoms with van der Waals surface area (Å²) in [4.78, 5) is 2.75. The topological polar surface area (TPSA) is 28.1 Å². The van der Waals surface area contributed by atoms with Gasteiger partial charge in [-0.1, -0.05) is 109 Å². The van der Waals surface area contributed by atoms with Crippen molar-refractivity contribution in [3.63, 3.8) is 0 Å². The maximum Gasteiger partial charge on any atom is 0.205 e. The maximum absolute atomic E-state index is 7.32. The molecule has 0 aliphatic heterocycles. The van der Waals surface area contributed by atoms with Crippen LogP contribution in [-0.2, 0) is 0 Å². The molecule has 0 amide bonds. The van der Waals surface area contributed by atoms with Crippen LogP contribution in [0.25, 0.3) is 29.1 Å². The van der Waals surface area contributed by atoms with E-state index < -0.39 is 0 Å². The number of nitrogens with zero attached hydrogens (tertiary/aromatic N) is 2. The van der Waals surface area contributed by atoms with Crippen molar-refractivity contribution in [2.45, 2.75) is 6.92 Å². The van der Waals surface area contributed by atoms with Crippen molar-refractivity contribution >= 4 is 24.3 Å². The maximum atomic E-state index is 7.32. The van der Waals surface area contributed by atoms with Crippen LogP contribution in [0.15, 0.2) is 84.9 Å². The highest BCUT2D eigenvalue weighted by atomic mass is 14.5. The minimum Gasteiger partial charge on any atom is -0.320 e. The third-order valence-electron chi connectivity index (χ3n) is 3.47. The van der Waals surface area contributed by atoms with E-state index in [0.29, 0.717) is 0 Å². The number of hydrogen-bond donors (Lipinski definition) is 0. The van der Waals surface area contributed by atoms with Crippen molar-refractivity contribution in [2.75, 3.05) is 7.05 Å². The van der Waals surface area contributed by atoms with Gasteiger partial charge in [-0.05, 0) is 22.3 Å². The molecule has 0 fully saturated rings. The number of hydrogen-bond acceptors (Lipinski definition) is 1. The largest absolute Gasteiger partial charge is 0.320 e. The molecular formula is C26H24N2. The second-order valence-electron chi connectivity index (χ2n) is 5.60. The van der Waals surface area contributed by atoms with Crippen LogP contribution in [0.3, 0.4) is 0 Å². The fourth-order valence-electron chi connectivity index (χ4n) is 2.23. The van der Waals surface area contributed by atoms with E-state index in [1.807, 2.05) is 12.1 Å². The van der Waals surface area contributed by atoms with E-state index in [-0.39, 0.29) is 0 Å². The highest BCUT2D eigenvalue weighted by molar-refractivity contribution is 5.72. The zero-order valence-electron chi connectivity index (χ0n) is 16.3. The van der Waals surface area contributed by atoms with Crippen LogP contribution < -0.4 is 0 Å². The monoisotopic (exact) mass is 364 g/mol. The number of benzene rings is 3. The SMILES string of the molecule is C(=C\c1ccc(/C=C/c2ccccc2)cc1)/c1ccccc1.CC#N.[C-]#[N+]C. The van der Waals surface area contributed by atoms with Gasteiger partial charge in [-0.2, -0.15) is 5.26 Å². The Labute approximate surface area is 168 Å². The summed E-state index contributed by atoms with van der Waals surface area (Å²) in [5.74, 6) is 0. The Bertz CT molecular complexity index is 843. The molecule has 2 heteroatoms. The highest BCUT2D eigenvalue weighted by Crippen LogP contribution is 2.12. The molecule has 0 unspecified atom stereocenters. The molecular weight excluding hydrogens is 340 g/mol. The van der Waals surface area contributed by atoms with Crippen molar-refractivity contribution in [3.8, 4) is 6.07 Å². The van der Waals surface area contributed by atoms with Gasteiger partial charge >= 0.3 is 0 Å². The molecule has 0 saturated heterocycles. The third-order valence-corrected chi connectivity index (χ3v) is 3.47. The first-order chi connectivity index (χ1) is 13.7. The van der Waals surface area contributed by atoms with Gasteiger partial charge in [0.05, 0.1) is 6.07 Å². The molecule has 138 valence electrons.